The Morgan fingerprint density at radius 3 is 2.75 bits per heavy atom. The van der Waals surface area contributed by atoms with E-state index in [9.17, 15) is 4.79 Å². The highest BCUT2D eigenvalue weighted by Crippen LogP contribution is 2.31. The van der Waals surface area contributed by atoms with Crippen molar-refractivity contribution in [3.63, 3.8) is 0 Å². The highest BCUT2D eigenvalue weighted by molar-refractivity contribution is 5.92. The van der Waals surface area contributed by atoms with E-state index in [0.717, 1.165) is 37.4 Å². The van der Waals surface area contributed by atoms with Crippen LogP contribution in [0.1, 0.15) is 15.9 Å². The average molecular weight is 275 g/mol. The van der Waals surface area contributed by atoms with Crippen LogP contribution >= 0.6 is 0 Å². The van der Waals surface area contributed by atoms with Gasteiger partial charge in [0.25, 0.3) is 0 Å². The molecule has 0 aromatic heterocycles. The first kappa shape index (κ1) is 14.2. The van der Waals surface area contributed by atoms with Crippen LogP contribution in [0.25, 0.3) is 10.4 Å². The van der Waals surface area contributed by atoms with Gasteiger partial charge >= 0.3 is 5.97 Å². The first-order valence-corrected chi connectivity index (χ1v) is 6.41. The Kier molecular flexibility index (Phi) is 4.45. The predicted octanol–water partition coefficient (Wildman–Crippen LogP) is 2.13. The molecule has 2 rings (SSSR count). The summed E-state index contributed by atoms with van der Waals surface area (Å²) in [5.41, 5.74) is 11.3. The number of rotatable bonds is 3. The maximum atomic E-state index is 11.7. The summed E-state index contributed by atoms with van der Waals surface area (Å²) in [6.07, 6.45) is 0. The fraction of sp³-hybridized carbons (Fsp3) is 0.462. The molecule has 0 aliphatic carbocycles. The summed E-state index contributed by atoms with van der Waals surface area (Å²) < 4.78 is 4.75. The van der Waals surface area contributed by atoms with E-state index in [1.807, 2.05) is 6.92 Å². The molecule has 0 atom stereocenters. The van der Waals surface area contributed by atoms with Gasteiger partial charge in [-0.1, -0.05) is 5.11 Å². The molecule has 1 fully saturated rings. The van der Waals surface area contributed by atoms with E-state index in [1.165, 1.54) is 7.11 Å². The average Bonchev–Trinajstić information content (AvgIpc) is 2.49. The fourth-order valence-corrected chi connectivity index (χ4v) is 2.31. The second-order valence-corrected chi connectivity index (χ2v) is 4.56. The molecule has 20 heavy (non-hydrogen) atoms. The summed E-state index contributed by atoms with van der Waals surface area (Å²) in [5.74, 6) is -0.434. The summed E-state index contributed by atoms with van der Waals surface area (Å²) in [6, 6.07) is 3.36. The molecule has 1 aliphatic heterocycles. The molecule has 0 spiro atoms. The molecule has 0 saturated carbocycles. The number of hydrogen-bond acceptors (Lipinski definition) is 5. The number of benzene rings is 1. The first-order chi connectivity index (χ1) is 9.67. The third kappa shape index (κ3) is 2.84. The van der Waals surface area contributed by atoms with Crippen molar-refractivity contribution >= 4 is 17.3 Å². The monoisotopic (exact) mass is 275 g/mol. The number of anilines is 1. The van der Waals surface area contributed by atoms with Gasteiger partial charge < -0.3 is 15.0 Å². The molecule has 0 bridgehead atoms. The van der Waals surface area contributed by atoms with Crippen molar-refractivity contribution in [3.05, 3.63) is 33.7 Å². The zero-order valence-electron chi connectivity index (χ0n) is 11.6. The normalized spacial score (nSPS) is 14.6. The molecule has 1 saturated heterocycles. The standard InChI is InChI=1S/C13H17N5O2/c1-9-11(16-17-14)7-10(13(19)20-2)8-12(9)18-5-3-15-4-6-18/h7-8,15H,3-6H2,1-2H3. The summed E-state index contributed by atoms with van der Waals surface area (Å²) >= 11 is 0. The molecule has 1 heterocycles. The van der Waals surface area contributed by atoms with Crippen molar-refractivity contribution in [2.24, 2.45) is 5.11 Å². The highest BCUT2D eigenvalue weighted by atomic mass is 16.5. The van der Waals surface area contributed by atoms with E-state index in [4.69, 9.17) is 10.3 Å². The summed E-state index contributed by atoms with van der Waals surface area (Å²) in [7, 11) is 1.33. The van der Waals surface area contributed by atoms with E-state index in [2.05, 4.69) is 20.2 Å². The molecular formula is C13H17N5O2. The molecule has 7 nitrogen and oxygen atoms in total. The van der Waals surface area contributed by atoms with E-state index in [-0.39, 0.29) is 0 Å². The third-order valence-corrected chi connectivity index (χ3v) is 3.38. The fourth-order valence-electron chi connectivity index (χ4n) is 2.31. The van der Waals surface area contributed by atoms with Crippen molar-refractivity contribution in [2.75, 3.05) is 38.2 Å². The molecule has 106 valence electrons. The van der Waals surface area contributed by atoms with Crippen LogP contribution < -0.4 is 10.2 Å². The van der Waals surface area contributed by atoms with Crippen LogP contribution in [0.4, 0.5) is 11.4 Å². The second kappa shape index (κ2) is 6.27. The van der Waals surface area contributed by atoms with Crippen LogP contribution in [0.3, 0.4) is 0 Å². The number of azide groups is 1. The lowest BCUT2D eigenvalue weighted by atomic mass is 10.1. The Morgan fingerprint density at radius 1 is 1.45 bits per heavy atom. The minimum absolute atomic E-state index is 0.397. The lowest BCUT2D eigenvalue weighted by Crippen LogP contribution is -2.43. The molecule has 0 radical (unpaired) electrons. The van der Waals surface area contributed by atoms with Crippen molar-refractivity contribution in [1.29, 1.82) is 0 Å². The number of carbonyl (C=O) groups excluding carboxylic acids is 1. The number of carbonyl (C=O) groups is 1. The number of nitrogens with zero attached hydrogens (tertiary/aromatic N) is 4. The van der Waals surface area contributed by atoms with E-state index in [1.54, 1.807) is 12.1 Å². The summed E-state index contributed by atoms with van der Waals surface area (Å²) in [6.45, 7) is 5.36. The molecule has 0 unspecified atom stereocenters. The number of esters is 1. The van der Waals surface area contributed by atoms with Crippen molar-refractivity contribution in [3.8, 4) is 0 Å². The second-order valence-electron chi connectivity index (χ2n) is 4.56. The van der Waals surface area contributed by atoms with Crippen LogP contribution in [0.15, 0.2) is 17.2 Å². The Balaban J connectivity index is 2.49. The van der Waals surface area contributed by atoms with Crippen molar-refractivity contribution in [2.45, 2.75) is 6.92 Å². The minimum Gasteiger partial charge on any atom is -0.465 e. The van der Waals surface area contributed by atoms with Crippen molar-refractivity contribution in [1.82, 2.24) is 5.32 Å². The quantitative estimate of drug-likeness (QED) is 0.396. The van der Waals surface area contributed by atoms with E-state index in [0.29, 0.717) is 11.3 Å². The summed E-state index contributed by atoms with van der Waals surface area (Å²) in [5, 5.41) is 6.95. The molecule has 1 aromatic rings. The smallest absolute Gasteiger partial charge is 0.337 e. The Bertz CT molecular complexity index is 560. The highest BCUT2D eigenvalue weighted by Gasteiger charge is 2.18. The number of nitrogens with one attached hydrogen (secondary N) is 1. The lowest BCUT2D eigenvalue weighted by molar-refractivity contribution is 0.0601. The van der Waals surface area contributed by atoms with Gasteiger partial charge in [0.2, 0.25) is 0 Å². The van der Waals surface area contributed by atoms with Gasteiger partial charge in [0.15, 0.2) is 0 Å². The number of piperazine rings is 1. The molecular weight excluding hydrogens is 258 g/mol. The van der Waals surface area contributed by atoms with Crippen molar-refractivity contribution < 1.29 is 9.53 Å². The Hall–Kier alpha value is -2.24. The SMILES string of the molecule is COC(=O)c1cc(N=[N+]=[N-])c(C)c(N2CCNCC2)c1. The van der Waals surface area contributed by atoms with Gasteiger partial charge in [-0.05, 0) is 30.2 Å². The minimum atomic E-state index is -0.434. The van der Waals surface area contributed by atoms with Crippen LogP contribution in [0.2, 0.25) is 0 Å². The van der Waals surface area contributed by atoms with Crippen LogP contribution in [0.5, 0.6) is 0 Å². The largest absolute Gasteiger partial charge is 0.465 e. The molecule has 1 aliphatic rings. The molecule has 7 heteroatoms. The first-order valence-electron chi connectivity index (χ1n) is 6.41. The zero-order chi connectivity index (χ0) is 14.5. The van der Waals surface area contributed by atoms with Gasteiger partial charge in [0.1, 0.15) is 0 Å². The van der Waals surface area contributed by atoms with Gasteiger partial charge in [-0.3, -0.25) is 0 Å². The van der Waals surface area contributed by atoms with Crippen LogP contribution in [-0.2, 0) is 4.74 Å². The molecule has 1 N–H and O–H groups in total. The Labute approximate surface area is 117 Å². The van der Waals surface area contributed by atoms with Gasteiger partial charge in [0, 0.05) is 42.5 Å². The third-order valence-electron chi connectivity index (χ3n) is 3.38. The van der Waals surface area contributed by atoms with Gasteiger partial charge in [-0.15, -0.1) is 0 Å². The molecule has 0 amide bonds. The lowest BCUT2D eigenvalue weighted by Gasteiger charge is -2.31. The van der Waals surface area contributed by atoms with Crippen LogP contribution in [-0.4, -0.2) is 39.3 Å². The van der Waals surface area contributed by atoms with Gasteiger partial charge in [-0.25, -0.2) is 4.79 Å². The topological polar surface area (TPSA) is 90.3 Å². The zero-order valence-corrected chi connectivity index (χ0v) is 11.6. The van der Waals surface area contributed by atoms with Crippen LogP contribution in [0, 0.1) is 6.92 Å². The number of methoxy groups -OCH3 is 1. The van der Waals surface area contributed by atoms with Gasteiger partial charge in [-0.2, -0.15) is 0 Å². The summed E-state index contributed by atoms with van der Waals surface area (Å²) in [4.78, 5) is 16.7. The van der Waals surface area contributed by atoms with E-state index < -0.39 is 5.97 Å². The Morgan fingerprint density at radius 2 is 2.15 bits per heavy atom. The van der Waals surface area contributed by atoms with E-state index >= 15 is 0 Å². The number of ether oxygens (including phenoxy) is 1. The maximum absolute atomic E-state index is 11.7. The van der Waals surface area contributed by atoms with Gasteiger partial charge in [0.05, 0.1) is 12.7 Å². The predicted molar refractivity (Wildman–Crippen MR) is 76.4 cm³/mol. The molecule has 1 aromatic carbocycles. The number of hydrogen-bond donors (Lipinski definition) is 1. The maximum Gasteiger partial charge on any atom is 0.337 e.